The van der Waals surface area contributed by atoms with Crippen molar-refractivity contribution < 1.29 is 9.21 Å². The standard InChI is InChI=1S/C9H9N3O3/c10-7(8(11)13)4-1-2-6-5(3-4)12-9(14)15-6/h1-3,7H,10H2,(H2,11,13)(H,12,14). The Labute approximate surface area is 83.9 Å². The summed E-state index contributed by atoms with van der Waals surface area (Å²) in [6.07, 6.45) is 0. The van der Waals surface area contributed by atoms with Gasteiger partial charge in [-0.1, -0.05) is 6.07 Å². The molecule has 6 nitrogen and oxygen atoms in total. The Hall–Kier alpha value is -2.08. The molecule has 0 saturated heterocycles. The van der Waals surface area contributed by atoms with Crippen LogP contribution in [-0.4, -0.2) is 10.9 Å². The van der Waals surface area contributed by atoms with Gasteiger partial charge in [0, 0.05) is 0 Å². The predicted octanol–water partition coefficient (Wildman–Crippen LogP) is -0.394. The summed E-state index contributed by atoms with van der Waals surface area (Å²) in [5, 5.41) is 0. The van der Waals surface area contributed by atoms with E-state index < -0.39 is 17.7 Å². The maximum absolute atomic E-state index is 10.9. The van der Waals surface area contributed by atoms with Gasteiger partial charge in [0.1, 0.15) is 6.04 Å². The van der Waals surface area contributed by atoms with Crippen LogP contribution in [-0.2, 0) is 4.79 Å². The van der Waals surface area contributed by atoms with Crippen molar-refractivity contribution in [1.29, 1.82) is 0 Å². The SMILES string of the molecule is NC(=O)C(N)c1ccc2oc(=O)[nH]c2c1. The molecule has 78 valence electrons. The number of benzene rings is 1. The second kappa shape index (κ2) is 3.25. The first-order chi connectivity index (χ1) is 7.08. The van der Waals surface area contributed by atoms with Crippen molar-refractivity contribution in [1.82, 2.24) is 4.98 Å². The third kappa shape index (κ3) is 1.62. The summed E-state index contributed by atoms with van der Waals surface area (Å²) in [6, 6.07) is 3.84. The number of hydrogen-bond acceptors (Lipinski definition) is 4. The third-order valence-electron chi connectivity index (χ3n) is 2.11. The number of rotatable bonds is 2. The second-order valence-electron chi connectivity index (χ2n) is 3.15. The lowest BCUT2D eigenvalue weighted by molar-refractivity contribution is -0.119. The normalized spacial score (nSPS) is 12.9. The Morgan fingerprint density at radius 2 is 2.20 bits per heavy atom. The van der Waals surface area contributed by atoms with Crippen molar-refractivity contribution in [2.24, 2.45) is 11.5 Å². The molecule has 0 aliphatic carbocycles. The average Bonchev–Trinajstić information content (AvgIpc) is 2.55. The van der Waals surface area contributed by atoms with Crippen LogP contribution in [0.5, 0.6) is 0 Å². The van der Waals surface area contributed by atoms with Crippen LogP contribution in [0.4, 0.5) is 0 Å². The fourth-order valence-electron chi connectivity index (χ4n) is 1.33. The number of carbonyl (C=O) groups is 1. The lowest BCUT2D eigenvalue weighted by atomic mass is 10.1. The van der Waals surface area contributed by atoms with Crippen molar-refractivity contribution in [3.05, 3.63) is 34.3 Å². The molecule has 0 spiro atoms. The number of hydrogen-bond donors (Lipinski definition) is 3. The lowest BCUT2D eigenvalue weighted by Gasteiger charge is -2.06. The van der Waals surface area contributed by atoms with Gasteiger partial charge < -0.3 is 15.9 Å². The summed E-state index contributed by atoms with van der Waals surface area (Å²) in [6.45, 7) is 0. The highest BCUT2D eigenvalue weighted by Gasteiger charge is 2.13. The number of nitrogens with two attached hydrogens (primary N) is 2. The van der Waals surface area contributed by atoms with Gasteiger partial charge in [0.15, 0.2) is 5.58 Å². The van der Waals surface area contributed by atoms with E-state index in [9.17, 15) is 9.59 Å². The Morgan fingerprint density at radius 3 is 2.87 bits per heavy atom. The van der Waals surface area contributed by atoms with E-state index in [1.54, 1.807) is 18.2 Å². The fourth-order valence-corrected chi connectivity index (χ4v) is 1.33. The van der Waals surface area contributed by atoms with E-state index in [0.29, 0.717) is 16.7 Å². The Bertz CT molecular complexity index is 569. The smallest absolute Gasteiger partial charge is 0.408 e. The summed E-state index contributed by atoms with van der Waals surface area (Å²) < 4.78 is 4.79. The highest BCUT2D eigenvalue weighted by atomic mass is 16.4. The maximum atomic E-state index is 10.9. The van der Waals surface area contributed by atoms with Crippen LogP contribution in [0.15, 0.2) is 27.4 Å². The Morgan fingerprint density at radius 1 is 1.47 bits per heavy atom. The van der Waals surface area contributed by atoms with Crippen LogP contribution < -0.4 is 17.2 Å². The number of carbonyl (C=O) groups excluding carboxylic acids is 1. The molecule has 1 amide bonds. The molecule has 1 aromatic heterocycles. The molecule has 0 saturated carbocycles. The molecule has 0 aliphatic heterocycles. The molecule has 6 heteroatoms. The van der Waals surface area contributed by atoms with Crippen molar-refractivity contribution in [2.75, 3.05) is 0 Å². The minimum atomic E-state index is -0.882. The highest BCUT2D eigenvalue weighted by molar-refractivity contribution is 5.83. The Balaban J connectivity index is 2.55. The molecule has 5 N–H and O–H groups in total. The van der Waals surface area contributed by atoms with E-state index in [0.717, 1.165) is 0 Å². The summed E-state index contributed by atoms with van der Waals surface area (Å²) in [5.41, 5.74) is 12.0. The zero-order valence-electron chi connectivity index (χ0n) is 7.69. The molecule has 2 aromatic rings. The topological polar surface area (TPSA) is 115 Å². The van der Waals surface area contributed by atoms with Crippen LogP contribution in [0.3, 0.4) is 0 Å². The average molecular weight is 207 g/mol. The van der Waals surface area contributed by atoms with Gasteiger partial charge in [-0.3, -0.25) is 9.78 Å². The van der Waals surface area contributed by atoms with E-state index in [2.05, 4.69) is 4.98 Å². The number of aromatic amines is 1. The summed E-state index contributed by atoms with van der Waals surface area (Å²) >= 11 is 0. The molecule has 15 heavy (non-hydrogen) atoms. The van der Waals surface area contributed by atoms with Crippen molar-refractivity contribution in [2.45, 2.75) is 6.04 Å². The first-order valence-electron chi connectivity index (χ1n) is 4.25. The first-order valence-corrected chi connectivity index (χ1v) is 4.25. The van der Waals surface area contributed by atoms with E-state index in [1.165, 1.54) is 0 Å². The molecule has 0 radical (unpaired) electrons. The molecule has 2 rings (SSSR count). The van der Waals surface area contributed by atoms with Gasteiger partial charge in [0.2, 0.25) is 5.91 Å². The maximum Gasteiger partial charge on any atom is 0.417 e. The summed E-state index contributed by atoms with van der Waals surface area (Å²) in [4.78, 5) is 24.2. The first kappa shape index (κ1) is 9.47. The monoisotopic (exact) mass is 207 g/mol. The number of primary amides is 1. The van der Waals surface area contributed by atoms with Gasteiger partial charge in [-0.2, -0.15) is 0 Å². The van der Waals surface area contributed by atoms with Crippen molar-refractivity contribution in [3.8, 4) is 0 Å². The number of aromatic nitrogens is 1. The lowest BCUT2D eigenvalue weighted by Crippen LogP contribution is -2.28. The number of fused-ring (bicyclic) bond motifs is 1. The molecule has 1 heterocycles. The largest absolute Gasteiger partial charge is 0.417 e. The van der Waals surface area contributed by atoms with Gasteiger partial charge in [-0.15, -0.1) is 0 Å². The van der Waals surface area contributed by atoms with Crippen LogP contribution in [0.2, 0.25) is 0 Å². The third-order valence-corrected chi connectivity index (χ3v) is 2.11. The quantitative estimate of drug-likeness (QED) is 0.621. The molecular formula is C9H9N3O3. The molecule has 0 fully saturated rings. The van der Waals surface area contributed by atoms with Crippen LogP contribution >= 0.6 is 0 Å². The van der Waals surface area contributed by atoms with Gasteiger partial charge >= 0.3 is 5.76 Å². The highest BCUT2D eigenvalue weighted by Crippen LogP contribution is 2.16. The zero-order valence-corrected chi connectivity index (χ0v) is 7.69. The number of oxazole rings is 1. The van der Waals surface area contributed by atoms with Crippen LogP contribution in [0.25, 0.3) is 11.1 Å². The van der Waals surface area contributed by atoms with E-state index in [4.69, 9.17) is 15.9 Å². The molecule has 0 aliphatic rings. The number of amides is 1. The zero-order chi connectivity index (χ0) is 11.0. The van der Waals surface area contributed by atoms with E-state index >= 15 is 0 Å². The minimum absolute atomic E-state index is 0.417. The van der Waals surface area contributed by atoms with E-state index in [-0.39, 0.29) is 0 Å². The van der Waals surface area contributed by atoms with Crippen LogP contribution in [0.1, 0.15) is 11.6 Å². The molecule has 1 aromatic carbocycles. The predicted molar refractivity (Wildman–Crippen MR) is 53.0 cm³/mol. The molecular weight excluding hydrogens is 198 g/mol. The minimum Gasteiger partial charge on any atom is -0.408 e. The Kier molecular flexibility index (Phi) is 2.05. The van der Waals surface area contributed by atoms with Gasteiger partial charge in [-0.05, 0) is 17.7 Å². The summed E-state index contributed by atoms with van der Waals surface area (Å²) in [7, 11) is 0. The summed E-state index contributed by atoms with van der Waals surface area (Å²) in [5.74, 6) is -1.17. The van der Waals surface area contributed by atoms with Crippen molar-refractivity contribution >= 4 is 17.0 Å². The number of H-pyrrole nitrogens is 1. The van der Waals surface area contributed by atoms with Crippen molar-refractivity contribution in [3.63, 3.8) is 0 Å². The van der Waals surface area contributed by atoms with Crippen LogP contribution in [0, 0.1) is 0 Å². The van der Waals surface area contributed by atoms with Gasteiger partial charge in [-0.25, -0.2) is 4.79 Å². The molecule has 1 unspecified atom stereocenters. The van der Waals surface area contributed by atoms with E-state index in [1.807, 2.05) is 0 Å². The molecule has 1 atom stereocenters. The van der Waals surface area contributed by atoms with Gasteiger partial charge in [0.05, 0.1) is 5.52 Å². The second-order valence-corrected chi connectivity index (χ2v) is 3.15. The fraction of sp³-hybridized carbons (Fsp3) is 0.111. The molecule has 0 bridgehead atoms. The number of nitrogens with one attached hydrogen (secondary N) is 1. The van der Waals surface area contributed by atoms with Gasteiger partial charge in [0.25, 0.3) is 0 Å².